The summed E-state index contributed by atoms with van der Waals surface area (Å²) in [5, 5.41) is 9.22. The van der Waals surface area contributed by atoms with E-state index in [2.05, 4.69) is 0 Å². The Labute approximate surface area is 76.6 Å². The number of amides is 1. The van der Waals surface area contributed by atoms with E-state index in [0.717, 1.165) is 11.1 Å². The van der Waals surface area contributed by atoms with Crippen molar-refractivity contribution in [2.24, 2.45) is 0 Å². The minimum Gasteiger partial charge on any atom is -0.508 e. The van der Waals surface area contributed by atoms with E-state index in [1.807, 2.05) is 6.07 Å². The van der Waals surface area contributed by atoms with Crippen molar-refractivity contribution >= 4 is 5.91 Å². The molecular formula is C10H11NO2. The summed E-state index contributed by atoms with van der Waals surface area (Å²) in [6, 6.07) is 5.24. The Hall–Kier alpha value is -1.51. The van der Waals surface area contributed by atoms with Crippen molar-refractivity contribution in [2.45, 2.75) is 20.0 Å². The fourth-order valence-corrected chi connectivity index (χ4v) is 1.60. The van der Waals surface area contributed by atoms with Crippen LogP contribution < -0.4 is 0 Å². The molecule has 68 valence electrons. The average Bonchev–Trinajstić information content (AvgIpc) is 2.46. The number of hydrogen-bond acceptors (Lipinski definition) is 2. The predicted molar refractivity (Wildman–Crippen MR) is 48.0 cm³/mol. The lowest BCUT2D eigenvalue weighted by atomic mass is 10.1. The van der Waals surface area contributed by atoms with E-state index in [1.165, 1.54) is 0 Å². The van der Waals surface area contributed by atoms with Gasteiger partial charge in [-0.3, -0.25) is 4.79 Å². The lowest BCUT2D eigenvalue weighted by molar-refractivity contribution is -0.129. The van der Waals surface area contributed by atoms with Gasteiger partial charge in [0.25, 0.3) is 0 Å². The first kappa shape index (κ1) is 8.10. The molecule has 0 saturated heterocycles. The number of phenolic OH excluding ortho intramolecular Hbond substituents is 1. The smallest absolute Gasteiger partial charge is 0.220 e. The van der Waals surface area contributed by atoms with Crippen LogP contribution in [0, 0.1) is 0 Å². The van der Waals surface area contributed by atoms with Gasteiger partial charge in [0.05, 0.1) is 0 Å². The second kappa shape index (κ2) is 2.76. The van der Waals surface area contributed by atoms with E-state index in [-0.39, 0.29) is 11.7 Å². The first-order chi connectivity index (χ1) is 6.16. The van der Waals surface area contributed by atoms with Gasteiger partial charge >= 0.3 is 0 Å². The molecule has 0 aliphatic carbocycles. The SMILES string of the molecule is CC(=O)N1Cc2ccc(O)cc2C1. The highest BCUT2D eigenvalue weighted by molar-refractivity contribution is 5.74. The summed E-state index contributed by atoms with van der Waals surface area (Å²) >= 11 is 0. The Balaban J connectivity index is 2.30. The van der Waals surface area contributed by atoms with Crippen LogP contribution in [0.5, 0.6) is 5.75 Å². The number of nitrogens with zero attached hydrogens (tertiary/aromatic N) is 1. The van der Waals surface area contributed by atoms with Crippen LogP contribution in [-0.2, 0) is 17.9 Å². The molecule has 0 fully saturated rings. The summed E-state index contributed by atoms with van der Waals surface area (Å²) in [7, 11) is 0. The van der Waals surface area contributed by atoms with Crippen molar-refractivity contribution in [3.63, 3.8) is 0 Å². The average molecular weight is 177 g/mol. The molecule has 0 unspecified atom stereocenters. The number of carbonyl (C=O) groups excluding carboxylic acids is 1. The molecule has 3 nitrogen and oxygen atoms in total. The molecule has 2 rings (SSSR count). The van der Waals surface area contributed by atoms with Crippen molar-refractivity contribution in [1.82, 2.24) is 4.90 Å². The van der Waals surface area contributed by atoms with Gasteiger partial charge in [-0.25, -0.2) is 0 Å². The van der Waals surface area contributed by atoms with Gasteiger partial charge in [-0.05, 0) is 23.3 Å². The van der Waals surface area contributed by atoms with Crippen molar-refractivity contribution in [3.8, 4) is 5.75 Å². The zero-order valence-corrected chi connectivity index (χ0v) is 7.45. The van der Waals surface area contributed by atoms with E-state index in [9.17, 15) is 9.90 Å². The Morgan fingerprint density at radius 2 is 2.08 bits per heavy atom. The van der Waals surface area contributed by atoms with Gasteiger partial charge in [0.2, 0.25) is 5.91 Å². The van der Waals surface area contributed by atoms with E-state index in [4.69, 9.17) is 0 Å². The maximum atomic E-state index is 11.1. The van der Waals surface area contributed by atoms with Crippen molar-refractivity contribution in [3.05, 3.63) is 29.3 Å². The Morgan fingerprint density at radius 1 is 1.38 bits per heavy atom. The number of aromatic hydroxyl groups is 1. The quantitative estimate of drug-likeness (QED) is 0.648. The maximum absolute atomic E-state index is 11.1. The third-order valence-corrected chi connectivity index (χ3v) is 2.36. The minimum atomic E-state index is 0.0793. The monoisotopic (exact) mass is 177 g/mol. The number of fused-ring (bicyclic) bond motifs is 1. The highest BCUT2D eigenvalue weighted by Gasteiger charge is 2.20. The molecule has 0 spiro atoms. The zero-order chi connectivity index (χ0) is 9.42. The fourth-order valence-electron chi connectivity index (χ4n) is 1.60. The summed E-state index contributed by atoms with van der Waals surface area (Å²) in [4.78, 5) is 12.8. The molecule has 1 aliphatic heterocycles. The summed E-state index contributed by atoms with van der Waals surface area (Å²) in [6.07, 6.45) is 0. The summed E-state index contributed by atoms with van der Waals surface area (Å²) in [6.45, 7) is 2.86. The number of rotatable bonds is 0. The van der Waals surface area contributed by atoms with E-state index in [0.29, 0.717) is 13.1 Å². The number of phenols is 1. The Morgan fingerprint density at radius 3 is 2.77 bits per heavy atom. The molecule has 1 aromatic rings. The third kappa shape index (κ3) is 1.37. The molecule has 1 N–H and O–H groups in total. The van der Waals surface area contributed by atoms with Gasteiger partial charge < -0.3 is 10.0 Å². The molecule has 3 heteroatoms. The van der Waals surface area contributed by atoms with E-state index in [1.54, 1.807) is 24.0 Å². The van der Waals surface area contributed by atoms with Crippen LogP contribution in [0.15, 0.2) is 18.2 Å². The van der Waals surface area contributed by atoms with Crippen LogP contribution in [0.4, 0.5) is 0 Å². The lowest BCUT2D eigenvalue weighted by Crippen LogP contribution is -2.21. The largest absolute Gasteiger partial charge is 0.508 e. The van der Waals surface area contributed by atoms with Crippen LogP contribution >= 0.6 is 0 Å². The van der Waals surface area contributed by atoms with Crippen LogP contribution in [0.1, 0.15) is 18.1 Å². The van der Waals surface area contributed by atoms with Crippen molar-refractivity contribution < 1.29 is 9.90 Å². The predicted octanol–water partition coefficient (Wildman–Crippen LogP) is 1.25. The number of carbonyl (C=O) groups is 1. The Kier molecular flexibility index (Phi) is 1.72. The number of benzene rings is 1. The normalized spacial score (nSPS) is 14.4. The maximum Gasteiger partial charge on any atom is 0.220 e. The fraction of sp³-hybridized carbons (Fsp3) is 0.300. The Bertz CT molecular complexity index is 360. The van der Waals surface area contributed by atoms with Gasteiger partial charge in [-0.1, -0.05) is 6.07 Å². The first-order valence-corrected chi connectivity index (χ1v) is 4.23. The van der Waals surface area contributed by atoms with Gasteiger partial charge in [0, 0.05) is 20.0 Å². The topological polar surface area (TPSA) is 40.5 Å². The highest BCUT2D eigenvalue weighted by Crippen LogP contribution is 2.25. The summed E-state index contributed by atoms with van der Waals surface area (Å²) in [5.41, 5.74) is 2.18. The molecule has 0 aromatic heterocycles. The minimum absolute atomic E-state index is 0.0793. The van der Waals surface area contributed by atoms with Gasteiger partial charge in [0.1, 0.15) is 5.75 Å². The summed E-state index contributed by atoms with van der Waals surface area (Å²) in [5.74, 6) is 0.347. The molecule has 13 heavy (non-hydrogen) atoms. The van der Waals surface area contributed by atoms with Crippen molar-refractivity contribution in [1.29, 1.82) is 0 Å². The van der Waals surface area contributed by atoms with Crippen molar-refractivity contribution in [2.75, 3.05) is 0 Å². The molecule has 0 atom stereocenters. The van der Waals surface area contributed by atoms with Crippen LogP contribution in [-0.4, -0.2) is 15.9 Å². The number of hydrogen-bond donors (Lipinski definition) is 1. The van der Waals surface area contributed by atoms with Gasteiger partial charge in [0.15, 0.2) is 0 Å². The molecule has 0 saturated carbocycles. The standard InChI is InChI=1S/C10H11NO2/c1-7(12)11-5-8-2-3-10(13)4-9(8)6-11/h2-4,13H,5-6H2,1H3. The van der Waals surface area contributed by atoms with Crippen LogP contribution in [0.25, 0.3) is 0 Å². The highest BCUT2D eigenvalue weighted by atomic mass is 16.3. The first-order valence-electron chi connectivity index (χ1n) is 4.23. The van der Waals surface area contributed by atoms with Gasteiger partial charge in [-0.15, -0.1) is 0 Å². The lowest BCUT2D eigenvalue weighted by Gasteiger charge is -2.10. The molecule has 1 aromatic carbocycles. The van der Waals surface area contributed by atoms with E-state index < -0.39 is 0 Å². The summed E-state index contributed by atoms with van der Waals surface area (Å²) < 4.78 is 0. The molecule has 1 amide bonds. The molecule has 0 radical (unpaired) electrons. The molecular weight excluding hydrogens is 166 g/mol. The second-order valence-corrected chi connectivity index (χ2v) is 3.33. The van der Waals surface area contributed by atoms with Crippen LogP contribution in [0.3, 0.4) is 0 Å². The van der Waals surface area contributed by atoms with E-state index >= 15 is 0 Å². The zero-order valence-electron chi connectivity index (χ0n) is 7.45. The third-order valence-electron chi connectivity index (χ3n) is 2.36. The van der Waals surface area contributed by atoms with Gasteiger partial charge in [-0.2, -0.15) is 0 Å². The second-order valence-electron chi connectivity index (χ2n) is 3.33. The molecule has 1 heterocycles. The molecule has 1 aliphatic rings. The molecule has 0 bridgehead atoms. The van der Waals surface area contributed by atoms with Crippen LogP contribution in [0.2, 0.25) is 0 Å².